The maximum absolute atomic E-state index is 12.3. The van der Waals surface area contributed by atoms with Crippen molar-refractivity contribution in [1.29, 1.82) is 0 Å². The van der Waals surface area contributed by atoms with E-state index < -0.39 is 10.0 Å². The topological polar surface area (TPSA) is 76.0 Å². The molecule has 122 valence electrons. The van der Waals surface area contributed by atoms with Crippen LogP contribution in [0, 0.1) is 5.92 Å². The quantitative estimate of drug-likeness (QED) is 0.851. The lowest BCUT2D eigenvalue weighted by Gasteiger charge is -2.28. The molecule has 21 heavy (non-hydrogen) atoms. The summed E-state index contributed by atoms with van der Waals surface area (Å²) in [5, 5.41) is 3.42. The molecule has 1 fully saturated rings. The van der Waals surface area contributed by atoms with Crippen LogP contribution in [0.25, 0.3) is 0 Å². The SMILES string of the molecule is CC(C)Cn1cnc(S(=O)(=O)NC2CCNC(C)C2)c1.Cl. The molecule has 2 unspecified atom stereocenters. The van der Waals surface area contributed by atoms with E-state index in [0.717, 1.165) is 25.9 Å². The predicted octanol–water partition coefficient (Wildman–Crippen LogP) is 1.38. The molecular weight excluding hydrogens is 312 g/mol. The van der Waals surface area contributed by atoms with Gasteiger partial charge in [-0.1, -0.05) is 13.8 Å². The van der Waals surface area contributed by atoms with Crippen LogP contribution in [0.15, 0.2) is 17.6 Å². The maximum atomic E-state index is 12.3. The van der Waals surface area contributed by atoms with Gasteiger partial charge in [0.1, 0.15) is 0 Å². The van der Waals surface area contributed by atoms with Gasteiger partial charge in [-0.3, -0.25) is 0 Å². The first-order valence-electron chi connectivity index (χ1n) is 7.14. The van der Waals surface area contributed by atoms with Gasteiger partial charge in [0.25, 0.3) is 10.0 Å². The summed E-state index contributed by atoms with van der Waals surface area (Å²) < 4.78 is 29.2. The Bertz CT molecular complexity index is 544. The maximum Gasteiger partial charge on any atom is 0.259 e. The molecule has 0 spiro atoms. The van der Waals surface area contributed by atoms with Gasteiger partial charge in [-0.15, -0.1) is 12.4 Å². The van der Waals surface area contributed by atoms with Gasteiger partial charge in [-0.05, 0) is 32.2 Å². The van der Waals surface area contributed by atoms with E-state index in [0.29, 0.717) is 12.0 Å². The average Bonchev–Trinajstić information content (AvgIpc) is 2.76. The van der Waals surface area contributed by atoms with Crippen molar-refractivity contribution in [2.45, 2.75) is 57.3 Å². The Balaban J connectivity index is 0.00000220. The number of aromatic nitrogens is 2. The lowest BCUT2D eigenvalue weighted by molar-refractivity contribution is 0.361. The van der Waals surface area contributed by atoms with E-state index in [1.165, 1.54) is 0 Å². The van der Waals surface area contributed by atoms with E-state index >= 15 is 0 Å². The molecule has 1 aromatic heterocycles. The zero-order valence-electron chi connectivity index (χ0n) is 12.7. The van der Waals surface area contributed by atoms with E-state index in [1.54, 1.807) is 12.5 Å². The predicted molar refractivity (Wildman–Crippen MR) is 85.1 cm³/mol. The second kappa shape index (κ2) is 7.58. The highest BCUT2D eigenvalue weighted by atomic mass is 35.5. The lowest BCUT2D eigenvalue weighted by Crippen LogP contribution is -2.46. The summed E-state index contributed by atoms with van der Waals surface area (Å²) in [6, 6.07) is 0.335. The van der Waals surface area contributed by atoms with Gasteiger partial charge >= 0.3 is 0 Å². The molecule has 0 aliphatic carbocycles. The molecule has 1 aromatic rings. The van der Waals surface area contributed by atoms with Crippen molar-refractivity contribution in [3.05, 3.63) is 12.5 Å². The molecular formula is C13H25ClN4O2S. The van der Waals surface area contributed by atoms with Crippen LogP contribution in [0.1, 0.15) is 33.6 Å². The Labute approximate surface area is 133 Å². The standard InChI is InChI=1S/C13H24N4O2S.ClH/c1-10(2)7-17-8-13(15-9-17)20(18,19)16-12-4-5-14-11(3)6-12;/h8-12,14,16H,4-7H2,1-3H3;1H. The molecule has 1 aliphatic rings. The number of nitrogens with zero attached hydrogens (tertiary/aromatic N) is 2. The number of nitrogens with one attached hydrogen (secondary N) is 2. The van der Waals surface area contributed by atoms with Gasteiger partial charge < -0.3 is 9.88 Å². The molecule has 1 saturated heterocycles. The van der Waals surface area contributed by atoms with Crippen LogP contribution in [-0.4, -0.2) is 36.6 Å². The van der Waals surface area contributed by atoms with Gasteiger partial charge in [0, 0.05) is 24.8 Å². The average molecular weight is 337 g/mol. The van der Waals surface area contributed by atoms with E-state index in [1.807, 2.05) is 4.57 Å². The number of hydrogen-bond donors (Lipinski definition) is 2. The molecule has 0 saturated carbocycles. The van der Waals surface area contributed by atoms with E-state index in [2.05, 4.69) is 35.8 Å². The van der Waals surface area contributed by atoms with Gasteiger partial charge in [0.2, 0.25) is 0 Å². The summed E-state index contributed by atoms with van der Waals surface area (Å²) >= 11 is 0. The van der Waals surface area contributed by atoms with Crippen LogP contribution in [-0.2, 0) is 16.6 Å². The fourth-order valence-corrected chi connectivity index (χ4v) is 3.75. The normalized spacial score (nSPS) is 23.0. The summed E-state index contributed by atoms with van der Waals surface area (Å²) in [6.07, 6.45) is 4.81. The molecule has 0 bridgehead atoms. The first-order valence-corrected chi connectivity index (χ1v) is 8.62. The minimum Gasteiger partial charge on any atom is -0.336 e. The van der Waals surface area contributed by atoms with Crippen molar-refractivity contribution >= 4 is 22.4 Å². The van der Waals surface area contributed by atoms with Crippen molar-refractivity contribution in [3.63, 3.8) is 0 Å². The molecule has 2 N–H and O–H groups in total. The molecule has 2 atom stereocenters. The number of sulfonamides is 1. The van der Waals surface area contributed by atoms with Crippen LogP contribution in [0.2, 0.25) is 0 Å². The Morgan fingerprint density at radius 2 is 2.24 bits per heavy atom. The largest absolute Gasteiger partial charge is 0.336 e. The molecule has 8 heteroatoms. The first-order chi connectivity index (χ1) is 9.37. The minimum absolute atomic E-state index is 0. The summed E-state index contributed by atoms with van der Waals surface area (Å²) in [5.41, 5.74) is 0. The van der Waals surface area contributed by atoms with Crippen LogP contribution >= 0.6 is 12.4 Å². The number of rotatable bonds is 5. The van der Waals surface area contributed by atoms with Crippen LogP contribution in [0.3, 0.4) is 0 Å². The second-order valence-corrected chi connectivity index (χ2v) is 7.66. The van der Waals surface area contributed by atoms with E-state index in [9.17, 15) is 8.42 Å². The zero-order chi connectivity index (χ0) is 14.8. The second-order valence-electron chi connectivity index (χ2n) is 6.00. The summed E-state index contributed by atoms with van der Waals surface area (Å²) in [4.78, 5) is 4.02. The van der Waals surface area contributed by atoms with E-state index in [4.69, 9.17) is 0 Å². The third kappa shape index (κ3) is 5.25. The highest BCUT2D eigenvalue weighted by Gasteiger charge is 2.25. The Hall–Kier alpha value is -0.630. The Morgan fingerprint density at radius 1 is 1.52 bits per heavy atom. The van der Waals surface area contributed by atoms with Crippen LogP contribution in [0.4, 0.5) is 0 Å². The number of hydrogen-bond acceptors (Lipinski definition) is 4. The van der Waals surface area contributed by atoms with Crippen molar-refractivity contribution in [1.82, 2.24) is 19.6 Å². The smallest absolute Gasteiger partial charge is 0.259 e. The van der Waals surface area contributed by atoms with Crippen LogP contribution in [0.5, 0.6) is 0 Å². The fourth-order valence-electron chi connectivity index (χ4n) is 2.52. The monoisotopic (exact) mass is 336 g/mol. The number of piperidine rings is 1. The third-order valence-corrected chi connectivity index (χ3v) is 4.81. The number of halogens is 1. The third-order valence-electron chi connectivity index (χ3n) is 3.41. The molecule has 0 aromatic carbocycles. The van der Waals surface area contributed by atoms with Crippen molar-refractivity contribution in [2.24, 2.45) is 5.92 Å². The van der Waals surface area contributed by atoms with Crippen molar-refractivity contribution in [3.8, 4) is 0 Å². The lowest BCUT2D eigenvalue weighted by atomic mass is 10.0. The van der Waals surface area contributed by atoms with Crippen LogP contribution < -0.4 is 10.0 Å². The Morgan fingerprint density at radius 3 is 2.86 bits per heavy atom. The van der Waals surface area contributed by atoms with Gasteiger partial charge in [-0.2, -0.15) is 0 Å². The fraction of sp³-hybridized carbons (Fsp3) is 0.769. The molecule has 6 nitrogen and oxygen atoms in total. The summed E-state index contributed by atoms with van der Waals surface area (Å²) in [6.45, 7) is 7.85. The highest BCUT2D eigenvalue weighted by molar-refractivity contribution is 7.89. The zero-order valence-corrected chi connectivity index (χ0v) is 14.4. The molecule has 1 aliphatic heterocycles. The Kier molecular flexibility index (Phi) is 6.65. The summed E-state index contributed by atoms with van der Waals surface area (Å²) in [5.74, 6) is 0.456. The molecule has 2 rings (SSSR count). The van der Waals surface area contributed by atoms with Crippen molar-refractivity contribution in [2.75, 3.05) is 6.54 Å². The molecule has 0 radical (unpaired) electrons. The van der Waals surface area contributed by atoms with E-state index in [-0.39, 0.29) is 23.5 Å². The van der Waals surface area contributed by atoms with Gasteiger partial charge in [-0.25, -0.2) is 18.1 Å². The summed E-state index contributed by atoms with van der Waals surface area (Å²) in [7, 11) is -3.51. The first kappa shape index (κ1) is 18.4. The molecule has 0 amide bonds. The van der Waals surface area contributed by atoms with Crippen molar-refractivity contribution < 1.29 is 8.42 Å². The van der Waals surface area contributed by atoms with Gasteiger partial charge in [0.15, 0.2) is 5.03 Å². The minimum atomic E-state index is -3.51. The molecule has 2 heterocycles. The van der Waals surface area contributed by atoms with Gasteiger partial charge in [0.05, 0.1) is 6.33 Å². The highest BCUT2D eigenvalue weighted by Crippen LogP contribution is 2.13. The number of imidazole rings is 1.